The second kappa shape index (κ2) is 6.22. The minimum atomic E-state index is 0.616. The lowest BCUT2D eigenvalue weighted by Crippen LogP contribution is -2.49. The number of aromatic nitrogens is 2. The molecule has 1 aliphatic heterocycles. The predicted molar refractivity (Wildman–Crippen MR) is 85.2 cm³/mol. The van der Waals surface area contributed by atoms with Crippen molar-refractivity contribution in [3.05, 3.63) is 42.7 Å². The quantitative estimate of drug-likeness (QED) is 0.865. The van der Waals surface area contributed by atoms with Crippen LogP contribution in [0.15, 0.2) is 36.7 Å². The lowest BCUT2D eigenvalue weighted by molar-refractivity contribution is 0.208. The van der Waals surface area contributed by atoms with E-state index in [1.54, 1.807) is 0 Å². The molecule has 2 heterocycles. The molecule has 0 bridgehead atoms. The molecule has 0 N–H and O–H groups in total. The normalized spacial score (nSPS) is 16.4. The third-order valence-corrected chi connectivity index (χ3v) is 4.02. The molecule has 1 aliphatic rings. The van der Waals surface area contributed by atoms with Crippen molar-refractivity contribution in [2.45, 2.75) is 19.9 Å². The highest BCUT2D eigenvalue weighted by Gasteiger charge is 2.20. The van der Waals surface area contributed by atoms with Gasteiger partial charge in [-0.2, -0.15) is 0 Å². The van der Waals surface area contributed by atoms with Crippen LogP contribution in [0.5, 0.6) is 0 Å². The molecule has 1 radical (unpaired) electrons. The topological polar surface area (TPSA) is 32.3 Å². The van der Waals surface area contributed by atoms with Crippen LogP contribution in [0.1, 0.15) is 13.8 Å². The lowest BCUT2D eigenvalue weighted by atomic mass is 10.1. The molecular formula is C17H21N4. The molecule has 109 valence electrons. The van der Waals surface area contributed by atoms with Crippen LogP contribution >= 0.6 is 0 Å². The Kier molecular flexibility index (Phi) is 4.15. The van der Waals surface area contributed by atoms with Crippen molar-refractivity contribution in [3.8, 4) is 11.1 Å². The lowest BCUT2D eigenvalue weighted by Gasteiger charge is -2.36. The summed E-state index contributed by atoms with van der Waals surface area (Å²) in [4.78, 5) is 13.8. The Balaban J connectivity index is 1.68. The van der Waals surface area contributed by atoms with Crippen molar-refractivity contribution in [2.24, 2.45) is 0 Å². The van der Waals surface area contributed by atoms with Gasteiger partial charge in [0.25, 0.3) is 0 Å². The summed E-state index contributed by atoms with van der Waals surface area (Å²) < 4.78 is 0. The van der Waals surface area contributed by atoms with Gasteiger partial charge in [0.1, 0.15) is 0 Å². The van der Waals surface area contributed by atoms with E-state index in [9.17, 15) is 0 Å². The van der Waals surface area contributed by atoms with E-state index in [4.69, 9.17) is 0 Å². The zero-order chi connectivity index (χ0) is 14.7. The first kappa shape index (κ1) is 14.0. The summed E-state index contributed by atoms with van der Waals surface area (Å²) >= 11 is 0. The van der Waals surface area contributed by atoms with E-state index in [1.807, 2.05) is 36.7 Å². The van der Waals surface area contributed by atoms with Crippen molar-refractivity contribution < 1.29 is 0 Å². The third-order valence-electron chi connectivity index (χ3n) is 4.02. The van der Waals surface area contributed by atoms with Gasteiger partial charge in [-0.15, -0.1) is 0 Å². The van der Waals surface area contributed by atoms with E-state index in [2.05, 4.69) is 39.7 Å². The summed E-state index contributed by atoms with van der Waals surface area (Å²) in [7, 11) is 0. The molecule has 1 fully saturated rings. The number of hydrogen-bond acceptors (Lipinski definition) is 4. The smallest absolute Gasteiger partial charge is 0.225 e. The average Bonchev–Trinajstić information content (AvgIpc) is 2.56. The largest absolute Gasteiger partial charge is 0.338 e. The number of anilines is 1. The van der Waals surface area contributed by atoms with Crippen LogP contribution in [0.2, 0.25) is 0 Å². The van der Waals surface area contributed by atoms with Gasteiger partial charge >= 0.3 is 0 Å². The van der Waals surface area contributed by atoms with Gasteiger partial charge in [-0.05, 0) is 25.5 Å². The molecule has 1 saturated heterocycles. The van der Waals surface area contributed by atoms with Gasteiger partial charge < -0.3 is 4.90 Å². The minimum Gasteiger partial charge on any atom is -0.338 e. The molecule has 0 saturated carbocycles. The fourth-order valence-corrected chi connectivity index (χ4v) is 2.65. The molecule has 0 aliphatic carbocycles. The van der Waals surface area contributed by atoms with Crippen LogP contribution in [-0.2, 0) is 0 Å². The summed E-state index contributed by atoms with van der Waals surface area (Å²) in [5.74, 6) is 0.838. The molecule has 3 rings (SSSR count). The summed E-state index contributed by atoms with van der Waals surface area (Å²) in [5, 5.41) is 0. The Morgan fingerprint density at radius 2 is 1.57 bits per heavy atom. The Bertz CT molecular complexity index is 557. The van der Waals surface area contributed by atoms with Crippen LogP contribution < -0.4 is 4.90 Å². The highest BCUT2D eigenvalue weighted by molar-refractivity contribution is 5.61. The van der Waals surface area contributed by atoms with Gasteiger partial charge in [-0.3, -0.25) is 4.90 Å². The van der Waals surface area contributed by atoms with Gasteiger partial charge in [0.2, 0.25) is 5.95 Å². The standard InChI is InChI=1S/C17H21N4/c1-14(2)20-8-10-21(11-9-20)17-18-12-16(13-19-17)15-6-4-3-5-7-15/h4-7,12-14H,8-11H2,1-2H3. The van der Waals surface area contributed by atoms with Crippen molar-refractivity contribution in [1.82, 2.24) is 14.9 Å². The molecule has 21 heavy (non-hydrogen) atoms. The van der Waals surface area contributed by atoms with Crippen molar-refractivity contribution in [2.75, 3.05) is 31.1 Å². The number of rotatable bonds is 3. The fourth-order valence-electron chi connectivity index (χ4n) is 2.65. The number of piperazine rings is 1. The van der Waals surface area contributed by atoms with E-state index in [0.717, 1.165) is 43.3 Å². The fraction of sp³-hybridized carbons (Fsp3) is 0.412. The van der Waals surface area contributed by atoms with E-state index in [0.29, 0.717) is 6.04 Å². The highest BCUT2D eigenvalue weighted by Crippen LogP contribution is 2.19. The van der Waals surface area contributed by atoms with Gasteiger partial charge in [0.15, 0.2) is 0 Å². The Morgan fingerprint density at radius 1 is 0.952 bits per heavy atom. The zero-order valence-electron chi connectivity index (χ0n) is 12.7. The molecule has 0 spiro atoms. The average molecular weight is 281 g/mol. The van der Waals surface area contributed by atoms with Crippen molar-refractivity contribution in [1.29, 1.82) is 0 Å². The molecule has 4 nitrogen and oxygen atoms in total. The SMILES string of the molecule is CC(C)N1CCN(c2ncc(-c3cc[c]cc3)cn2)CC1. The molecule has 2 aromatic rings. The second-order valence-electron chi connectivity index (χ2n) is 5.68. The molecule has 0 unspecified atom stereocenters. The maximum atomic E-state index is 4.53. The molecule has 4 heteroatoms. The maximum absolute atomic E-state index is 4.53. The van der Waals surface area contributed by atoms with Crippen LogP contribution in [0.4, 0.5) is 5.95 Å². The van der Waals surface area contributed by atoms with Crippen LogP contribution in [0.25, 0.3) is 11.1 Å². The first-order chi connectivity index (χ1) is 10.2. The first-order valence-corrected chi connectivity index (χ1v) is 7.51. The second-order valence-corrected chi connectivity index (χ2v) is 5.68. The van der Waals surface area contributed by atoms with Gasteiger partial charge in [0.05, 0.1) is 0 Å². The van der Waals surface area contributed by atoms with E-state index in [1.165, 1.54) is 0 Å². The van der Waals surface area contributed by atoms with Crippen LogP contribution in [0.3, 0.4) is 0 Å². The molecular weight excluding hydrogens is 260 g/mol. The Labute approximate surface area is 126 Å². The minimum absolute atomic E-state index is 0.616. The van der Waals surface area contributed by atoms with Crippen molar-refractivity contribution in [3.63, 3.8) is 0 Å². The summed E-state index contributed by atoms with van der Waals surface area (Å²) in [6, 6.07) is 11.5. The summed E-state index contributed by atoms with van der Waals surface area (Å²) in [6.45, 7) is 8.65. The summed E-state index contributed by atoms with van der Waals surface area (Å²) in [6.07, 6.45) is 3.82. The summed E-state index contributed by atoms with van der Waals surface area (Å²) in [5.41, 5.74) is 2.18. The van der Waals surface area contributed by atoms with Gasteiger partial charge in [-0.1, -0.05) is 24.3 Å². The van der Waals surface area contributed by atoms with Gasteiger partial charge in [0, 0.05) is 50.2 Å². The van der Waals surface area contributed by atoms with Gasteiger partial charge in [-0.25, -0.2) is 9.97 Å². The van der Waals surface area contributed by atoms with Crippen LogP contribution in [-0.4, -0.2) is 47.1 Å². The van der Waals surface area contributed by atoms with Crippen molar-refractivity contribution >= 4 is 5.95 Å². The first-order valence-electron chi connectivity index (χ1n) is 7.51. The van der Waals surface area contributed by atoms with E-state index in [-0.39, 0.29) is 0 Å². The maximum Gasteiger partial charge on any atom is 0.225 e. The number of hydrogen-bond donors (Lipinski definition) is 0. The number of benzene rings is 1. The predicted octanol–water partition coefficient (Wildman–Crippen LogP) is 2.47. The Hall–Kier alpha value is -1.94. The zero-order valence-corrected chi connectivity index (χ0v) is 12.7. The third kappa shape index (κ3) is 3.22. The monoisotopic (exact) mass is 281 g/mol. The van der Waals surface area contributed by atoms with E-state index < -0.39 is 0 Å². The number of nitrogens with zero attached hydrogens (tertiary/aromatic N) is 4. The van der Waals surface area contributed by atoms with Crippen LogP contribution in [0, 0.1) is 6.07 Å². The molecule has 1 aromatic carbocycles. The molecule has 1 aromatic heterocycles. The molecule has 0 amide bonds. The Morgan fingerprint density at radius 3 is 2.14 bits per heavy atom. The highest BCUT2D eigenvalue weighted by atomic mass is 15.3. The molecule has 0 atom stereocenters. The van der Waals surface area contributed by atoms with E-state index >= 15 is 0 Å².